The molecule has 138 valence electrons. The fraction of sp³-hybridized carbons (Fsp3) is 0.238. The second-order valence-electron chi connectivity index (χ2n) is 6.42. The number of esters is 2. The van der Waals surface area contributed by atoms with Crippen molar-refractivity contribution in [1.82, 2.24) is 0 Å². The molecule has 1 heterocycles. The van der Waals surface area contributed by atoms with Gasteiger partial charge in [-0.25, -0.2) is 9.59 Å². The van der Waals surface area contributed by atoms with E-state index in [4.69, 9.17) is 4.74 Å². The maximum Gasteiger partial charge on any atom is 0.347 e. The summed E-state index contributed by atoms with van der Waals surface area (Å²) in [5.74, 6) is -1.29. The highest BCUT2D eigenvalue weighted by Crippen LogP contribution is 2.30. The van der Waals surface area contributed by atoms with Gasteiger partial charge in [0.15, 0.2) is 11.6 Å². The lowest BCUT2D eigenvalue weighted by molar-refractivity contribution is 0.0443. The molecule has 1 unspecified atom stereocenters. The summed E-state index contributed by atoms with van der Waals surface area (Å²) in [5.41, 5.74) is 0.974. The highest BCUT2D eigenvalue weighted by molar-refractivity contribution is 6.15. The van der Waals surface area contributed by atoms with E-state index in [2.05, 4.69) is 4.74 Å². The van der Waals surface area contributed by atoms with Crippen molar-refractivity contribution in [1.29, 1.82) is 0 Å². The molecule has 0 amide bonds. The van der Waals surface area contributed by atoms with Crippen LogP contribution in [0.2, 0.25) is 0 Å². The first-order valence-electron chi connectivity index (χ1n) is 8.59. The van der Waals surface area contributed by atoms with Crippen LogP contribution in [-0.4, -0.2) is 23.5 Å². The van der Waals surface area contributed by atoms with Gasteiger partial charge < -0.3 is 9.47 Å². The summed E-state index contributed by atoms with van der Waals surface area (Å²) in [7, 11) is 0. The van der Waals surface area contributed by atoms with Crippen molar-refractivity contribution < 1.29 is 28.7 Å². The minimum Gasteiger partial charge on any atom is -0.457 e. The Kier molecular flexibility index (Phi) is 4.90. The lowest BCUT2D eigenvalue weighted by atomic mass is 9.92. The van der Waals surface area contributed by atoms with Crippen molar-refractivity contribution in [3.8, 4) is 11.5 Å². The lowest BCUT2D eigenvalue weighted by Gasteiger charge is -2.13. The second-order valence-corrected chi connectivity index (χ2v) is 6.42. The van der Waals surface area contributed by atoms with E-state index in [9.17, 15) is 19.2 Å². The molecule has 6 nitrogen and oxygen atoms in total. The normalized spacial score (nSPS) is 13.7. The molecule has 0 aromatic heterocycles. The Balaban J connectivity index is 1.95. The van der Waals surface area contributed by atoms with Crippen LogP contribution < -0.4 is 4.74 Å². The van der Waals surface area contributed by atoms with E-state index in [-0.39, 0.29) is 28.6 Å². The number of cyclic esters (lactones) is 2. The minimum atomic E-state index is -0.722. The number of ketones is 2. The third-order valence-corrected chi connectivity index (χ3v) is 4.55. The van der Waals surface area contributed by atoms with Gasteiger partial charge in [-0.3, -0.25) is 9.59 Å². The molecule has 6 heteroatoms. The first-order chi connectivity index (χ1) is 12.8. The smallest absolute Gasteiger partial charge is 0.347 e. The Labute approximate surface area is 156 Å². The first kappa shape index (κ1) is 18.5. The van der Waals surface area contributed by atoms with Crippen molar-refractivity contribution in [2.45, 2.75) is 27.2 Å². The highest BCUT2D eigenvalue weighted by Gasteiger charge is 2.30. The lowest BCUT2D eigenvalue weighted by Crippen LogP contribution is -2.14. The van der Waals surface area contributed by atoms with E-state index in [1.54, 1.807) is 12.1 Å². The number of rotatable bonds is 6. The van der Waals surface area contributed by atoms with E-state index < -0.39 is 11.9 Å². The molecule has 0 saturated carbocycles. The van der Waals surface area contributed by atoms with Gasteiger partial charge in [0, 0.05) is 17.0 Å². The van der Waals surface area contributed by atoms with Crippen molar-refractivity contribution in [3.05, 3.63) is 58.7 Å². The fourth-order valence-electron chi connectivity index (χ4n) is 2.81. The molecule has 0 spiro atoms. The zero-order valence-corrected chi connectivity index (χ0v) is 15.2. The summed E-state index contributed by atoms with van der Waals surface area (Å²) in [6.45, 7) is 5.12. The first-order valence-corrected chi connectivity index (χ1v) is 8.59. The molecule has 3 rings (SSSR count). The molecule has 0 saturated heterocycles. The van der Waals surface area contributed by atoms with Crippen LogP contribution in [0, 0.1) is 5.92 Å². The number of Topliss-reactive ketones (excluding diaryl/α,β-unsaturated/α-hetero) is 2. The predicted octanol–water partition coefficient (Wildman–Crippen LogP) is 4.22. The van der Waals surface area contributed by atoms with Crippen LogP contribution >= 0.6 is 0 Å². The van der Waals surface area contributed by atoms with E-state index in [0.29, 0.717) is 29.0 Å². The van der Waals surface area contributed by atoms with Gasteiger partial charge in [0.05, 0.1) is 11.1 Å². The summed E-state index contributed by atoms with van der Waals surface area (Å²) in [6.07, 6.45) is 0.655. The average molecular weight is 366 g/mol. The van der Waals surface area contributed by atoms with Crippen LogP contribution in [-0.2, 0) is 4.74 Å². The summed E-state index contributed by atoms with van der Waals surface area (Å²) < 4.78 is 10.3. The zero-order valence-electron chi connectivity index (χ0n) is 15.2. The second kappa shape index (κ2) is 7.15. The van der Waals surface area contributed by atoms with E-state index in [1.807, 2.05) is 13.8 Å². The Morgan fingerprint density at radius 3 is 2.26 bits per heavy atom. The number of hydrogen-bond donors (Lipinski definition) is 0. The standard InChI is InChI=1S/C21H18O6/c1-4-11(2)19(23)17-9-13(5-7-15(17)12(3)22)26-14-6-8-16-18(10-14)21(25)27-20(16)24/h5-11H,4H2,1-3H3. The number of benzene rings is 2. The summed E-state index contributed by atoms with van der Waals surface area (Å²) in [4.78, 5) is 47.7. The van der Waals surface area contributed by atoms with Gasteiger partial charge in [-0.1, -0.05) is 13.8 Å². The molecule has 0 aliphatic carbocycles. The molecular weight excluding hydrogens is 348 g/mol. The number of hydrogen-bond acceptors (Lipinski definition) is 6. The third-order valence-electron chi connectivity index (χ3n) is 4.55. The summed E-state index contributed by atoms with van der Waals surface area (Å²) in [5, 5.41) is 0. The van der Waals surface area contributed by atoms with Gasteiger partial charge in [0.1, 0.15) is 11.5 Å². The quantitative estimate of drug-likeness (QED) is 0.432. The van der Waals surface area contributed by atoms with Crippen LogP contribution in [0.15, 0.2) is 36.4 Å². The Bertz CT molecular complexity index is 973. The van der Waals surface area contributed by atoms with Gasteiger partial charge >= 0.3 is 11.9 Å². The van der Waals surface area contributed by atoms with Crippen LogP contribution in [0.4, 0.5) is 0 Å². The molecule has 1 atom stereocenters. The van der Waals surface area contributed by atoms with Gasteiger partial charge in [-0.15, -0.1) is 0 Å². The molecule has 2 aromatic rings. The number of carbonyl (C=O) groups excluding carboxylic acids is 4. The summed E-state index contributed by atoms with van der Waals surface area (Å²) >= 11 is 0. The molecule has 0 N–H and O–H groups in total. The van der Waals surface area contributed by atoms with Crippen LogP contribution in [0.3, 0.4) is 0 Å². The molecule has 0 bridgehead atoms. The van der Waals surface area contributed by atoms with Crippen molar-refractivity contribution in [2.24, 2.45) is 5.92 Å². The molecule has 0 radical (unpaired) electrons. The van der Waals surface area contributed by atoms with Crippen molar-refractivity contribution in [3.63, 3.8) is 0 Å². The van der Waals surface area contributed by atoms with Crippen LogP contribution in [0.25, 0.3) is 0 Å². The molecular formula is C21H18O6. The van der Waals surface area contributed by atoms with Gasteiger partial charge in [0.2, 0.25) is 0 Å². The van der Waals surface area contributed by atoms with Crippen LogP contribution in [0.1, 0.15) is 68.6 Å². The summed E-state index contributed by atoms with van der Waals surface area (Å²) in [6, 6.07) is 9.07. The largest absolute Gasteiger partial charge is 0.457 e. The predicted molar refractivity (Wildman–Crippen MR) is 96.5 cm³/mol. The van der Waals surface area contributed by atoms with Gasteiger partial charge in [-0.05, 0) is 49.7 Å². The maximum absolute atomic E-state index is 12.6. The average Bonchev–Trinajstić information content (AvgIpc) is 2.93. The molecule has 2 aromatic carbocycles. The highest BCUT2D eigenvalue weighted by atomic mass is 16.6. The molecule has 27 heavy (non-hydrogen) atoms. The van der Waals surface area contributed by atoms with E-state index in [1.165, 1.54) is 31.2 Å². The Morgan fingerprint density at radius 2 is 1.59 bits per heavy atom. The monoisotopic (exact) mass is 366 g/mol. The van der Waals surface area contributed by atoms with Gasteiger partial charge in [-0.2, -0.15) is 0 Å². The van der Waals surface area contributed by atoms with E-state index in [0.717, 1.165) is 0 Å². The van der Waals surface area contributed by atoms with Crippen molar-refractivity contribution in [2.75, 3.05) is 0 Å². The topological polar surface area (TPSA) is 86.7 Å². The zero-order chi connectivity index (χ0) is 19.7. The van der Waals surface area contributed by atoms with Gasteiger partial charge in [0.25, 0.3) is 0 Å². The molecule has 1 aliphatic rings. The fourth-order valence-corrected chi connectivity index (χ4v) is 2.81. The molecule has 0 fully saturated rings. The Morgan fingerprint density at radius 1 is 0.963 bits per heavy atom. The number of ether oxygens (including phenoxy) is 2. The van der Waals surface area contributed by atoms with E-state index >= 15 is 0 Å². The Hall–Kier alpha value is -3.28. The van der Waals surface area contributed by atoms with Crippen molar-refractivity contribution >= 4 is 23.5 Å². The SMILES string of the molecule is CCC(C)C(=O)c1cc(Oc2ccc3c(c2)C(=O)OC3=O)ccc1C(C)=O. The third kappa shape index (κ3) is 3.51. The number of carbonyl (C=O) groups is 4. The minimum absolute atomic E-state index is 0.128. The number of fused-ring (bicyclic) bond motifs is 1. The molecule has 1 aliphatic heterocycles. The maximum atomic E-state index is 12.6. The van der Waals surface area contributed by atoms with Crippen LogP contribution in [0.5, 0.6) is 11.5 Å².